The summed E-state index contributed by atoms with van der Waals surface area (Å²) in [6.07, 6.45) is 0.451. The van der Waals surface area contributed by atoms with E-state index in [9.17, 15) is 14.4 Å². The van der Waals surface area contributed by atoms with E-state index in [0.717, 1.165) is 5.56 Å². The van der Waals surface area contributed by atoms with Gasteiger partial charge >= 0.3 is 6.03 Å². The van der Waals surface area contributed by atoms with Crippen LogP contribution in [0.25, 0.3) is 0 Å². The molecule has 1 aliphatic heterocycles. The summed E-state index contributed by atoms with van der Waals surface area (Å²) in [7, 11) is 0. The first kappa shape index (κ1) is 18.6. The van der Waals surface area contributed by atoms with Crippen LogP contribution in [0.2, 0.25) is 0 Å². The predicted molar refractivity (Wildman–Crippen MR) is 101 cm³/mol. The molecule has 1 aliphatic rings. The van der Waals surface area contributed by atoms with Crippen molar-refractivity contribution in [3.05, 3.63) is 65.7 Å². The van der Waals surface area contributed by atoms with E-state index >= 15 is 0 Å². The van der Waals surface area contributed by atoms with Crippen molar-refractivity contribution in [3.8, 4) is 5.75 Å². The number of para-hydroxylation sites is 1. The molecule has 2 aromatic rings. The molecule has 0 radical (unpaired) electrons. The number of benzene rings is 2. The molecule has 3 amide bonds. The lowest BCUT2D eigenvalue weighted by atomic mass is 9.87. The molecule has 27 heavy (non-hydrogen) atoms. The molecule has 1 fully saturated rings. The van der Waals surface area contributed by atoms with Gasteiger partial charge in [0.15, 0.2) is 5.78 Å². The second-order valence-corrected chi connectivity index (χ2v) is 6.41. The third-order valence-corrected chi connectivity index (χ3v) is 4.81. The van der Waals surface area contributed by atoms with Gasteiger partial charge in [-0.2, -0.15) is 0 Å². The maximum atomic E-state index is 13.0. The monoisotopic (exact) mass is 366 g/mol. The van der Waals surface area contributed by atoms with E-state index in [1.807, 2.05) is 37.3 Å². The number of carbonyl (C=O) groups excluding carboxylic acids is 3. The van der Waals surface area contributed by atoms with Crippen molar-refractivity contribution in [2.45, 2.75) is 25.8 Å². The van der Waals surface area contributed by atoms with Gasteiger partial charge in [0.2, 0.25) is 0 Å². The lowest BCUT2D eigenvalue weighted by molar-refractivity contribution is -0.132. The van der Waals surface area contributed by atoms with Gasteiger partial charge in [0, 0.05) is 0 Å². The van der Waals surface area contributed by atoms with Gasteiger partial charge in [0.1, 0.15) is 17.9 Å². The largest absolute Gasteiger partial charge is 0.491 e. The van der Waals surface area contributed by atoms with Crippen molar-refractivity contribution in [2.75, 3.05) is 13.2 Å². The minimum Gasteiger partial charge on any atom is -0.491 e. The topological polar surface area (TPSA) is 75.7 Å². The molecule has 1 atom stereocenters. The highest BCUT2D eigenvalue weighted by Gasteiger charge is 2.50. The van der Waals surface area contributed by atoms with Crippen LogP contribution in [-0.2, 0) is 10.3 Å². The molecule has 6 heteroatoms. The van der Waals surface area contributed by atoms with E-state index in [4.69, 9.17) is 4.74 Å². The van der Waals surface area contributed by atoms with Crippen LogP contribution in [0.1, 0.15) is 36.2 Å². The fraction of sp³-hybridized carbons (Fsp3) is 0.286. The normalized spacial score (nSPS) is 19.1. The smallest absolute Gasteiger partial charge is 0.325 e. The Balaban J connectivity index is 1.73. The highest BCUT2D eigenvalue weighted by Crippen LogP contribution is 2.32. The van der Waals surface area contributed by atoms with Crippen LogP contribution in [-0.4, -0.2) is 35.8 Å². The molecular formula is C21H22N2O4. The zero-order valence-electron chi connectivity index (χ0n) is 15.4. The molecule has 0 spiro atoms. The number of ether oxygens (including phenoxy) is 1. The average Bonchev–Trinajstić information content (AvgIpc) is 2.94. The highest BCUT2D eigenvalue weighted by molar-refractivity contribution is 6.07. The Morgan fingerprint density at radius 3 is 2.41 bits per heavy atom. The zero-order valence-corrected chi connectivity index (χ0v) is 15.4. The summed E-state index contributed by atoms with van der Waals surface area (Å²) in [5, 5.41) is 2.84. The van der Waals surface area contributed by atoms with Crippen molar-refractivity contribution in [3.63, 3.8) is 0 Å². The Kier molecular flexibility index (Phi) is 5.26. The van der Waals surface area contributed by atoms with Gasteiger partial charge in [0.25, 0.3) is 5.91 Å². The zero-order chi connectivity index (χ0) is 19.4. The number of nitrogens with zero attached hydrogens (tertiary/aromatic N) is 1. The number of hydrogen-bond acceptors (Lipinski definition) is 4. The van der Waals surface area contributed by atoms with Crippen LogP contribution in [0.5, 0.6) is 5.75 Å². The Morgan fingerprint density at radius 2 is 1.74 bits per heavy atom. The minimum absolute atomic E-state index is 0.102. The second kappa shape index (κ2) is 7.61. The van der Waals surface area contributed by atoms with Crippen molar-refractivity contribution in [2.24, 2.45) is 0 Å². The summed E-state index contributed by atoms with van der Waals surface area (Å²) < 4.78 is 5.67. The molecule has 1 heterocycles. The summed E-state index contributed by atoms with van der Waals surface area (Å²) in [6, 6.07) is 15.7. The molecule has 0 unspecified atom stereocenters. The first-order valence-corrected chi connectivity index (χ1v) is 8.92. The summed E-state index contributed by atoms with van der Waals surface area (Å²) >= 11 is 0. The number of imide groups is 1. The minimum atomic E-state index is -1.05. The quantitative estimate of drug-likeness (QED) is 0.603. The summed E-state index contributed by atoms with van der Waals surface area (Å²) in [6.45, 7) is 3.55. The number of hydrogen-bond donors (Lipinski definition) is 1. The number of amides is 3. The molecule has 6 nitrogen and oxygen atoms in total. The number of carbonyl (C=O) groups is 3. The first-order chi connectivity index (χ1) is 13.0. The maximum Gasteiger partial charge on any atom is 0.325 e. The van der Waals surface area contributed by atoms with Gasteiger partial charge < -0.3 is 10.1 Å². The van der Waals surface area contributed by atoms with Crippen LogP contribution in [0.3, 0.4) is 0 Å². The van der Waals surface area contributed by atoms with Gasteiger partial charge in [-0.1, -0.05) is 49.4 Å². The van der Waals surface area contributed by atoms with E-state index in [-0.39, 0.29) is 24.8 Å². The van der Waals surface area contributed by atoms with Crippen LogP contribution >= 0.6 is 0 Å². The third-order valence-electron chi connectivity index (χ3n) is 4.81. The third kappa shape index (κ3) is 3.43. The lowest BCUT2D eigenvalue weighted by Crippen LogP contribution is -2.43. The number of rotatable bonds is 7. The molecule has 0 bridgehead atoms. The van der Waals surface area contributed by atoms with Crippen molar-refractivity contribution < 1.29 is 19.1 Å². The Hall–Kier alpha value is -3.15. The van der Waals surface area contributed by atoms with Crippen LogP contribution in [0.4, 0.5) is 4.79 Å². The van der Waals surface area contributed by atoms with Gasteiger partial charge in [-0.15, -0.1) is 0 Å². The Morgan fingerprint density at radius 1 is 1.07 bits per heavy atom. The van der Waals surface area contributed by atoms with Crippen LogP contribution < -0.4 is 10.1 Å². The molecule has 1 N–H and O–H groups in total. The number of nitrogens with one attached hydrogen (secondary N) is 1. The van der Waals surface area contributed by atoms with Gasteiger partial charge in [0.05, 0.1) is 12.1 Å². The van der Waals surface area contributed by atoms with Crippen LogP contribution in [0, 0.1) is 0 Å². The SMILES string of the molecule is CC[C@@]1(c2ccccc2)NC(=O)N(CCOc2ccccc2C(C)=O)C1=O. The highest BCUT2D eigenvalue weighted by atomic mass is 16.5. The van der Waals surface area contributed by atoms with E-state index in [1.165, 1.54) is 11.8 Å². The standard InChI is InChI=1S/C21H22N2O4/c1-3-21(16-9-5-4-6-10-16)19(25)23(20(26)22-21)13-14-27-18-12-8-7-11-17(18)15(2)24/h4-12H,3,13-14H2,1-2H3,(H,22,26)/t21-/m0/s1. The van der Waals surface area contributed by atoms with E-state index in [0.29, 0.717) is 17.7 Å². The summed E-state index contributed by atoms with van der Waals surface area (Å²) in [5.74, 6) is 0.0567. The van der Waals surface area contributed by atoms with Crippen molar-refractivity contribution in [1.82, 2.24) is 10.2 Å². The number of urea groups is 1. The van der Waals surface area contributed by atoms with E-state index < -0.39 is 11.6 Å². The molecule has 140 valence electrons. The summed E-state index contributed by atoms with van der Waals surface area (Å²) in [4.78, 5) is 38.3. The molecule has 2 aromatic carbocycles. The number of ketones is 1. The molecule has 0 aliphatic carbocycles. The second-order valence-electron chi connectivity index (χ2n) is 6.41. The van der Waals surface area contributed by atoms with Gasteiger partial charge in [-0.25, -0.2) is 4.79 Å². The summed E-state index contributed by atoms with van der Waals surface area (Å²) in [5.41, 5.74) is 0.188. The van der Waals surface area contributed by atoms with Crippen molar-refractivity contribution in [1.29, 1.82) is 0 Å². The predicted octanol–water partition coefficient (Wildman–Crippen LogP) is 3.13. The maximum absolute atomic E-state index is 13.0. The molecule has 3 rings (SSSR count). The Labute approximate surface area is 158 Å². The first-order valence-electron chi connectivity index (χ1n) is 8.92. The lowest BCUT2D eigenvalue weighted by Gasteiger charge is -2.25. The fourth-order valence-electron chi connectivity index (χ4n) is 3.32. The fourth-order valence-corrected chi connectivity index (χ4v) is 3.32. The van der Waals surface area contributed by atoms with E-state index in [2.05, 4.69) is 5.32 Å². The van der Waals surface area contributed by atoms with Gasteiger partial charge in [-0.3, -0.25) is 14.5 Å². The van der Waals surface area contributed by atoms with Crippen molar-refractivity contribution >= 4 is 17.7 Å². The van der Waals surface area contributed by atoms with Gasteiger partial charge in [-0.05, 0) is 31.0 Å². The molecule has 0 aromatic heterocycles. The molecule has 1 saturated heterocycles. The average molecular weight is 366 g/mol. The Bertz CT molecular complexity index is 865. The van der Waals surface area contributed by atoms with E-state index in [1.54, 1.807) is 24.3 Å². The number of Topliss-reactive ketones (excluding diaryl/α,β-unsaturated/α-hetero) is 1. The molecule has 0 saturated carbocycles. The molecular weight excluding hydrogens is 344 g/mol. The van der Waals surface area contributed by atoms with Crippen LogP contribution in [0.15, 0.2) is 54.6 Å².